The number of likely N-dealkylation sites (tertiary alicyclic amines) is 1. The molecule has 30 heavy (non-hydrogen) atoms. The van der Waals surface area contributed by atoms with Crippen molar-refractivity contribution >= 4 is 11.9 Å². The van der Waals surface area contributed by atoms with Gasteiger partial charge in [-0.05, 0) is 64.1 Å². The number of rotatable bonds is 7. The normalized spacial score (nSPS) is 25.9. The van der Waals surface area contributed by atoms with Gasteiger partial charge in [-0.1, -0.05) is 6.92 Å². The van der Waals surface area contributed by atoms with Crippen molar-refractivity contribution in [3.05, 3.63) is 23.4 Å². The first-order valence-electron chi connectivity index (χ1n) is 11.4. The molecule has 4 rings (SSSR count). The second-order valence-electron chi connectivity index (χ2n) is 8.86. The number of carbonyl (C=O) groups excluding carboxylic acids is 2. The zero-order chi connectivity index (χ0) is 21.1. The minimum atomic E-state index is -0.631. The van der Waals surface area contributed by atoms with Crippen LogP contribution in [-0.4, -0.2) is 66.5 Å². The summed E-state index contributed by atoms with van der Waals surface area (Å²) >= 11 is 0. The molecule has 0 bridgehead atoms. The monoisotopic (exact) mass is 415 g/mol. The maximum absolute atomic E-state index is 12.9. The zero-order valence-electron chi connectivity index (χ0n) is 18.2. The highest BCUT2D eigenvalue weighted by atomic mass is 16.6. The molecule has 1 saturated carbocycles. The molecule has 1 amide bonds. The molecule has 3 aliphatic rings. The number of esters is 1. The lowest BCUT2D eigenvalue weighted by Crippen LogP contribution is -2.41. The van der Waals surface area contributed by atoms with Crippen molar-refractivity contribution in [1.82, 2.24) is 14.8 Å². The van der Waals surface area contributed by atoms with Crippen LogP contribution in [0.5, 0.6) is 5.88 Å². The Morgan fingerprint density at radius 3 is 2.73 bits per heavy atom. The number of likely N-dealkylation sites (N-methyl/N-ethyl adjacent to an activating group) is 1. The van der Waals surface area contributed by atoms with Crippen molar-refractivity contribution in [2.24, 2.45) is 5.92 Å². The van der Waals surface area contributed by atoms with E-state index < -0.39 is 5.60 Å². The quantitative estimate of drug-likeness (QED) is 0.638. The van der Waals surface area contributed by atoms with E-state index in [4.69, 9.17) is 9.47 Å². The number of hydrogen-bond donors (Lipinski definition) is 0. The number of fused-ring (bicyclic) bond motifs is 2. The lowest BCUT2D eigenvalue weighted by molar-refractivity contribution is -0.137. The Bertz CT molecular complexity index is 783. The number of carbonyl (C=O) groups is 2. The van der Waals surface area contributed by atoms with E-state index in [-0.39, 0.29) is 17.8 Å². The SMILES string of the molecule is CCCOc1ccc2c(n1)C(=O)OC21CCC(C(=O)N(C)CCN2CCCC2)CC1. The topological polar surface area (TPSA) is 72.0 Å². The molecule has 2 aliphatic heterocycles. The van der Waals surface area contributed by atoms with Crippen LogP contribution < -0.4 is 4.74 Å². The van der Waals surface area contributed by atoms with E-state index >= 15 is 0 Å². The van der Waals surface area contributed by atoms with Gasteiger partial charge in [0, 0.05) is 37.7 Å². The molecule has 0 atom stereocenters. The van der Waals surface area contributed by atoms with Crippen molar-refractivity contribution in [3.63, 3.8) is 0 Å². The summed E-state index contributed by atoms with van der Waals surface area (Å²) in [4.78, 5) is 34.1. The number of hydrogen-bond acceptors (Lipinski definition) is 6. The molecule has 0 N–H and O–H groups in total. The minimum Gasteiger partial charge on any atom is -0.478 e. The second-order valence-corrected chi connectivity index (χ2v) is 8.86. The van der Waals surface area contributed by atoms with E-state index in [0.717, 1.165) is 51.0 Å². The minimum absolute atomic E-state index is 0.00192. The van der Waals surface area contributed by atoms with Crippen molar-refractivity contribution < 1.29 is 19.1 Å². The van der Waals surface area contributed by atoms with Gasteiger partial charge in [-0.25, -0.2) is 9.78 Å². The summed E-state index contributed by atoms with van der Waals surface area (Å²) in [6.07, 6.45) is 6.21. The zero-order valence-corrected chi connectivity index (χ0v) is 18.2. The number of aromatic nitrogens is 1. The fraction of sp³-hybridized carbons (Fsp3) is 0.696. The van der Waals surface area contributed by atoms with Gasteiger partial charge in [-0.3, -0.25) is 4.79 Å². The van der Waals surface area contributed by atoms with Crippen LogP contribution in [0.1, 0.15) is 67.9 Å². The van der Waals surface area contributed by atoms with Gasteiger partial charge < -0.3 is 19.3 Å². The van der Waals surface area contributed by atoms with E-state index in [0.29, 0.717) is 31.0 Å². The maximum Gasteiger partial charge on any atom is 0.358 e. The Kier molecular flexibility index (Phi) is 6.27. The van der Waals surface area contributed by atoms with E-state index in [1.165, 1.54) is 12.8 Å². The Labute approximate surface area is 178 Å². The predicted molar refractivity (Wildman–Crippen MR) is 112 cm³/mol. The van der Waals surface area contributed by atoms with Crippen LogP contribution >= 0.6 is 0 Å². The highest BCUT2D eigenvalue weighted by Gasteiger charge is 2.49. The standard InChI is InChI=1S/C23H33N3O4/c1-3-16-29-19-7-6-18-20(24-19)22(28)30-23(18)10-8-17(9-11-23)21(27)25(2)14-15-26-12-4-5-13-26/h6-7,17H,3-5,8-16H2,1-2H3. The number of ether oxygens (including phenoxy) is 2. The summed E-state index contributed by atoms with van der Waals surface area (Å²) in [6.45, 7) is 6.64. The van der Waals surface area contributed by atoms with Crippen LogP contribution in [0, 0.1) is 5.92 Å². The van der Waals surface area contributed by atoms with Gasteiger partial charge in [0.1, 0.15) is 5.60 Å². The number of amides is 1. The number of pyridine rings is 1. The van der Waals surface area contributed by atoms with Gasteiger partial charge >= 0.3 is 5.97 Å². The lowest BCUT2D eigenvalue weighted by atomic mass is 9.75. The van der Waals surface area contributed by atoms with Crippen molar-refractivity contribution in [2.45, 2.75) is 57.5 Å². The third kappa shape index (κ3) is 4.17. The first-order chi connectivity index (χ1) is 14.5. The number of nitrogens with zero attached hydrogens (tertiary/aromatic N) is 3. The summed E-state index contributed by atoms with van der Waals surface area (Å²) < 4.78 is 11.4. The van der Waals surface area contributed by atoms with Crippen LogP contribution in [-0.2, 0) is 15.1 Å². The molecule has 1 spiro atoms. The summed E-state index contributed by atoms with van der Waals surface area (Å²) in [5.74, 6) is 0.310. The van der Waals surface area contributed by atoms with Gasteiger partial charge in [0.2, 0.25) is 11.8 Å². The molecule has 164 valence electrons. The van der Waals surface area contributed by atoms with Crippen LogP contribution in [0.15, 0.2) is 12.1 Å². The van der Waals surface area contributed by atoms with Gasteiger partial charge in [0.05, 0.1) is 6.61 Å². The molecule has 1 saturated heterocycles. The fourth-order valence-electron chi connectivity index (χ4n) is 4.95. The van der Waals surface area contributed by atoms with Crippen LogP contribution in [0.25, 0.3) is 0 Å². The third-order valence-corrected chi connectivity index (χ3v) is 6.77. The third-order valence-electron chi connectivity index (χ3n) is 6.77. The Hall–Kier alpha value is -2.15. The Morgan fingerprint density at radius 1 is 1.30 bits per heavy atom. The Morgan fingerprint density at radius 2 is 2.03 bits per heavy atom. The fourth-order valence-corrected chi connectivity index (χ4v) is 4.95. The summed E-state index contributed by atoms with van der Waals surface area (Å²) in [5.41, 5.74) is 0.592. The molecular formula is C23H33N3O4. The summed E-state index contributed by atoms with van der Waals surface area (Å²) in [7, 11) is 1.91. The smallest absolute Gasteiger partial charge is 0.358 e. The van der Waals surface area contributed by atoms with E-state index in [1.807, 2.05) is 31.0 Å². The van der Waals surface area contributed by atoms with E-state index in [2.05, 4.69) is 9.88 Å². The molecular weight excluding hydrogens is 382 g/mol. The maximum atomic E-state index is 12.9. The molecule has 7 heteroatoms. The first kappa shape index (κ1) is 21.1. The average molecular weight is 416 g/mol. The van der Waals surface area contributed by atoms with Gasteiger partial charge in [-0.2, -0.15) is 0 Å². The molecule has 7 nitrogen and oxygen atoms in total. The van der Waals surface area contributed by atoms with Crippen molar-refractivity contribution in [2.75, 3.05) is 39.8 Å². The molecule has 0 radical (unpaired) electrons. The largest absolute Gasteiger partial charge is 0.478 e. The molecule has 1 aliphatic carbocycles. The van der Waals surface area contributed by atoms with E-state index in [9.17, 15) is 9.59 Å². The molecule has 2 fully saturated rings. The first-order valence-corrected chi connectivity index (χ1v) is 11.4. The van der Waals surface area contributed by atoms with Crippen LogP contribution in [0.4, 0.5) is 0 Å². The molecule has 1 aromatic heterocycles. The molecule has 0 unspecified atom stereocenters. The highest BCUT2D eigenvalue weighted by molar-refractivity contribution is 5.93. The summed E-state index contributed by atoms with van der Waals surface area (Å²) in [5, 5.41) is 0. The Balaban J connectivity index is 1.36. The molecule has 3 heterocycles. The van der Waals surface area contributed by atoms with Crippen molar-refractivity contribution in [1.29, 1.82) is 0 Å². The molecule has 1 aromatic rings. The van der Waals surface area contributed by atoms with E-state index in [1.54, 1.807) is 0 Å². The van der Waals surface area contributed by atoms with Gasteiger partial charge in [-0.15, -0.1) is 0 Å². The lowest BCUT2D eigenvalue weighted by Gasteiger charge is -2.37. The van der Waals surface area contributed by atoms with Gasteiger partial charge in [0.15, 0.2) is 5.69 Å². The second kappa shape index (κ2) is 8.92. The van der Waals surface area contributed by atoms with Crippen molar-refractivity contribution in [3.8, 4) is 5.88 Å². The van der Waals surface area contributed by atoms with Crippen LogP contribution in [0.2, 0.25) is 0 Å². The highest BCUT2D eigenvalue weighted by Crippen LogP contribution is 2.48. The average Bonchev–Trinajstić information content (AvgIpc) is 3.37. The summed E-state index contributed by atoms with van der Waals surface area (Å²) in [6, 6.07) is 3.74. The van der Waals surface area contributed by atoms with Crippen LogP contribution in [0.3, 0.4) is 0 Å². The predicted octanol–water partition coefficient (Wildman–Crippen LogP) is 2.98. The van der Waals surface area contributed by atoms with Gasteiger partial charge in [0.25, 0.3) is 0 Å². The molecule has 0 aromatic carbocycles.